The number of hydrogen-bond donors (Lipinski definition) is 1. The number of amides is 2. The van der Waals surface area contributed by atoms with Crippen molar-refractivity contribution in [2.45, 2.75) is 52.0 Å². The fraction of sp³-hybridized carbons (Fsp3) is 0.533. The van der Waals surface area contributed by atoms with Gasteiger partial charge in [0.1, 0.15) is 0 Å². The highest BCUT2D eigenvalue weighted by Gasteiger charge is 2.31. The Labute approximate surface area is 119 Å². The minimum Gasteiger partial charge on any atom is -0.296 e. The number of carbonyl (C=O) groups excluding carboxylic acids is 2. The Morgan fingerprint density at radius 3 is 2.90 bits per heavy atom. The summed E-state index contributed by atoms with van der Waals surface area (Å²) >= 11 is 0. The highest BCUT2D eigenvalue weighted by Crippen LogP contribution is 2.29. The molecule has 1 N–H and O–H groups in total. The van der Waals surface area contributed by atoms with Gasteiger partial charge in [0.05, 0.1) is 17.8 Å². The van der Waals surface area contributed by atoms with Gasteiger partial charge in [-0.25, -0.2) is 0 Å². The number of aryl methyl sites for hydroxylation is 1. The number of hydrogen-bond acceptors (Lipinski definition) is 3. The van der Waals surface area contributed by atoms with Crippen LogP contribution in [-0.4, -0.2) is 21.6 Å². The van der Waals surface area contributed by atoms with E-state index >= 15 is 0 Å². The summed E-state index contributed by atoms with van der Waals surface area (Å²) in [6.45, 7) is 4.88. The highest BCUT2D eigenvalue weighted by molar-refractivity contribution is 6.01. The van der Waals surface area contributed by atoms with Gasteiger partial charge in [0.25, 0.3) is 0 Å². The van der Waals surface area contributed by atoms with Gasteiger partial charge in [0.15, 0.2) is 0 Å². The molecule has 0 aliphatic carbocycles. The van der Waals surface area contributed by atoms with Crippen molar-refractivity contribution in [2.75, 3.05) is 0 Å². The monoisotopic (exact) mass is 275 g/mol. The molecule has 0 spiro atoms. The molecule has 108 valence electrons. The Morgan fingerprint density at radius 1 is 1.35 bits per heavy atom. The molecule has 2 amide bonds. The summed E-state index contributed by atoms with van der Waals surface area (Å²) < 4.78 is 1.95. The third kappa shape index (κ3) is 2.81. The first-order valence-corrected chi connectivity index (χ1v) is 7.31. The zero-order chi connectivity index (χ0) is 14.5. The van der Waals surface area contributed by atoms with Gasteiger partial charge in [-0.05, 0) is 25.3 Å². The summed E-state index contributed by atoms with van der Waals surface area (Å²) in [5.41, 5.74) is 1.96. The van der Waals surface area contributed by atoms with E-state index in [1.165, 1.54) is 0 Å². The first kappa shape index (κ1) is 14.5. The minimum absolute atomic E-state index is 0.176. The number of carbonyl (C=O) groups is 2. The SMILES string of the molecule is CC.O=C1CCC(c2cnn3c2C=CCCC3)C(=O)N1. The lowest BCUT2D eigenvalue weighted by Gasteiger charge is -2.20. The van der Waals surface area contributed by atoms with Crippen LogP contribution in [0.2, 0.25) is 0 Å². The van der Waals surface area contributed by atoms with Crippen LogP contribution in [0.5, 0.6) is 0 Å². The van der Waals surface area contributed by atoms with Crippen molar-refractivity contribution in [1.29, 1.82) is 0 Å². The second-order valence-electron chi connectivity index (χ2n) is 4.76. The normalized spacial score (nSPS) is 21.4. The molecule has 1 aromatic rings. The van der Waals surface area contributed by atoms with E-state index < -0.39 is 0 Å². The summed E-state index contributed by atoms with van der Waals surface area (Å²) in [6.07, 6.45) is 9.03. The van der Waals surface area contributed by atoms with Gasteiger partial charge in [-0.2, -0.15) is 5.10 Å². The third-order valence-electron chi connectivity index (χ3n) is 3.54. The number of piperidine rings is 1. The van der Waals surface area contributed by atoms with Crippen LogP contribution < -0.4 is 5.32 Å². The molecule has 1 saturated heterocycles. The predicted molar refractivity (Wildman–Crippen MR) is 77.0 cm³/mol. The average molecular weight is 275 g/mol. The van der Waals surface area contributed by atoms with E-state index in [0.717, 1.165) is 30.6 Å². The van der Waals surface area contributed by atoms with Crippen molar-refractivity contribution in [2.24, 2.45) is 0 Å². The standard InChI is InChI=1S/C13H15N3O2.C2H6/c17-12-6-5-9(13(18)15-12)10-8-14-16-7-3-1-2-4-11(10)16;1-2/h2,4,8-9H,1,3,5-7H2,(H,15,17,18);1-2H3. The van der Waals surface area contributed by atoms with Crippen LogP contribution in [0.3, 0.4) is 0 Å². The van der Waals surface area contributed by atoms with Crippen molar-refractivity contribution in [1.82, 2.24) is 15.1 Å². The Balaban J connectivity index is 0.000000704. The Bertz CT molecular complexity index is 531. The topological polar surface area (TPSA) is 64.0 Å². The number of fused-ring (bicyclic) bond motifs is 1. The summed E-state index contributed by atoms with van der Waals surface area (Å²) in [5, 5.41) is 6.75. The Kier molecular flexibility index (Phi) is 4.71. The van der Waals surface area contributed by atoms with E-state index in [4.69, 9.17) is 0 Å². The van der Waals surface area contributed by atoms with Gasteiger partial charge >= 0.3 is 0 Å². The lowest BCUT2D eigenvalue weighted by Crippen LogP contribution is -2.39. The first-order valence-electron chi connectivity index (χ1n) is 7.31. The van der Waals surface area contributed by atoms with Crippen LogP contribution in [0.4, 0.5) is 0 Å². The number of aromatic nitrogens is 2. The van der Waals surface area contributed by atoms with Crippen LogP contribution in [-0.2, 0) is 16.1 Å². The molecule has 2 aliphatic rings. The molecule has 2 aliphatic heterocycles. The molecule has 1 aromatic heterocycles. The van der Waals surface area contributed by atoms with E-state index in [1.54, 1.807) is 6.20 Å². The number of rotatable bonds is 1. The van der Waals surface area contributed by atoms with Gasteiger partial charge in [-0.15, -0.1) is 0 Å². The molecule has 3 heterocycles. The van der Waals surface area contributed by atoms with E-state index in [0.29, 0.717) is 12.8 Å². The highest BCUT2D eigenvalue weighted by atomic mass is 16.2. The largest absolute Gasteiger partial charge is 0.296 e. The zero-order valence-corrected chi connectivity index (χ0v) is 12.1. The predicted octanol–water partition coefficient (Wildman–Crippen LogP) is 2.24. The average Bonchev–Trinajstić information content (AvgIpc) is 2.70. The molecule has 0 radical (unpaired) electrons. The summed E-state index contributed by atoms with van der Waals surface area (Å²) in [4.78, 5) is 23.0. The smallest absolute Gasteiger partial charge is 0.234 e. The quantitative estimate of drug-likeness (QED) is 0.799. The Hall–Kier alpha value is -1.91. The minimum atomic E-state index is -0.241. The summed E-state index contributed by atoms with van der Waals surface area (Å²) in [6, 6.07) is 0. The van der Waals surface area contributed by atoms with Gasteiger partial charge < -0.3 is 0 Å². The lowest BCUT2D eigenvalue weighted by atomic mass is 9.90. The van der Waals surface area contributed by atoms with Crippen molar-refractivity contribution < 1.29 is 9.59 Å². The molecule has 3 rings (SSSR count). The molecule has 0 aromatic carbocycles. The van der Waals surface area contributed by atoms with Crippen molar-refractivity contribution >= 4 is 17.9 Å². The van der Waals surface area contributed by atoms with Gasteiger partial charge in [-0.3, -0.25) is 19.6 Å². The van der Waals surface area contributed by atoms with Crippen LogP contribution in [0.15, 0.2) is 12.3 Å². The third-order valence-corrected chi connectivity index (χ3v) is 3.54. The Morgan fingerprint density at radius 2 is 2.15 bits per heavy atom. The molecular formula is C15H21N3O2. The van der Waals surface area contributed by atoms with Crippen LogP contribution in [0.1, 0.15) is 56.7 Å². The van der Waals surface area contributed by atoms with Crippen molar-refractivity contribution in [3.8, 4) is 0 Å². The maximum atomic E-state index is 11.9. The molecule has 1 unspecified atom stereocenters. The summed E-state index contributed by atoms with van der Waals surface area (Å²) in [5.74, 6) is -0.612. The molecule has 20 heavy (non-hydrogen) atoms. The molecular weight excluding hydrogens is 254 g/mol. The molecule has 0 bridgehead atoms. The molecule has 1 atom stereocenters. The summed E-state index contributed by atoms with van der Waals surface area (Å²) in [7, 11) is 0. The number of nitrogens with one attached hydrogen (secondary N) is 1. The zero-order valence-electron chi connectivity index (χ0n) is 12.1. The fourth-order valence-electron chi connectivity index (χ4n) is 2.58. The first-order chi connectivity index (χ1) is 9.75. The maximum Gasteiger partial charge on any atom is 0.234 e. The van der Waals surface area contributed by atoms with Crippen LogP contribution >= 0.6 is 0 Å². The lowest BCUT2D eigenvalue weighted by molar-refractivity contribution is -0.134. The second-order valence-corrected chi connectivity index (χ2v) is 4.76. The van der Waals surface area contributed by atoms with Gasteiger partial charge in [0, 0.05) is 18.5 Å². The number of imide groups is 1. The van der Waals surface area contributed by atoms with Gasteiger partial charge in [-0.1, -0.05) is 19.9 Å². The molecule has 1 fully saturated rings. The number of nitrogens with zero attached hydrogens (tertiary/aromatic N) is 2. The van der Waals surface area contributed by atoms with Gasteiger partial charge in [0.2, 0.25) is 11.8 Å². The van der Waals surface area contributed by atoms with E-state index in [9.17, 15) is 9.59 Å². The van der Waals surface area contributed by atoms with E-state index in [2.05, 4.69) is 16.5 Å². The van der Waals surface area contributed by atoms with Crippen LogP contribution in [0, 0.1) is 0 Å². The molecule has 0 saturated carbocycles. The number of allylic oxidation sites excluding steroid dienone is 1. The van der Waals surface area contributed by atoms with Crippen molar-refractivity contribution in [3.63, 3.8) is 0 Å². The maximum absolute atomic E-state index is 11.9. The van der Waals surface area contributed by atoms with E-state index in [1.807, 2.05) is 24.6 Å². The fourth-order valence-corrected chi connectivity index (χ4v) is 2.58. The van der Waals surface area contributed by atoms with Crippen molar-refractivity contribution in [3.05, 3.63) is 23.5 Å². The van der Waals surface area contributed by atoms with E-state index in [-0.39, 0.29) is 17.7 Å². The molecule has 5 heteroatoms. The van der Waals surface area contributed by atoms with Crippen LogP contribution in [0.25, 0.3) is 6.08 Å². The second kappa shape index (κ2) is 6.50. The molecule has 5 nitrogen and oxygen atoms in total.